The van der Waals surface area contributed by atoms with Crippen molar-refractivity contribution < 1.29 is 13.9 Å². The fraction of sp³-hybridized carbons (Fsp3) is 0.0333. The molecule has 7 heteroatoms. The van der Waals surface area contributed by atoms with Crippen LogP contribution in [-0.2, 0) is 6.61 Å². The first-order valence-corrected chi connectivity index (χ1v) is 12.0. The Labute approximate surface area is 218 Å². The number of nitrogens with one attached hydrogen (secondary N) is 2. The van der Waals surface area contributed by atoms with E-state index >= 15 is 0 Å². The van der Waals surface area contributed by atoms with Gasteiger partial charge in [0.15, 0.2) is 5.11 Å². The topological polar surface area (TPSA) is 80.6 Å². The normalized spacial score (nSPS) is 10.6. The van der Waals surface area contributed by atoms with E-state index in [0.717, 1.165) is 10.9 Å². The summed E-state index contributed by atoms with van der Waals surface area (Å²) in [5.74, 6) is 0.314. The molecule has 1 heterocycles. The molecule has 37 heavy (non-hydrogen) atoms. The monoisotopic (exact) mass is 506 g/mol. The largest absolute Gasteiger partial charge is 0.489 e. The molecule has 0 aliphatic rings. The Morgan fingerprint density at radius 1 is 0.838 bits per heavy atom. The van der Waals surface area contributed by atoms with Crippen LogP contribution in [-0.4, -0.2) is 11.0 Å². The standard InChI is InChI=1S/C30H22N2O4S/c33-28(21-13-15-25(16-14-21)35-19-20-7-2-1-3-8-20)32-30(37)31-24-11-6-10-22(17-24)26-18-23-9-4-5-12-27(23)36-29(26)34/h1-18H,19H2,(H2,31,32,33,37). The van der Waals surface area contributed by atoms with Crippen molar-refractivity contribution in [2.24, 2.45) is 0 Å². The van der Waals surface area contributed by atoms with Crippen molar-refractivity contribution in [3.8, 4) is 16.9 Å². The van der Waals surface area contributed by atoms with Crippen LogP contribution < -0.4 is 21.0 Å². The summed E-state index contributed by atoms with van der Waals surface area (Å²) in [6.45, 7) is 0.445. The van der Waals surface area contributed by atoms with E-state index in [4.69, 9.17) is 21.4 Å². The van der Waals surface area contributed by atoms with Gasteiger partial charge in [0.05, 0.1) is 5.56 Å². The number of carbonyl (C=O) groups is 1. The summed E-state index contributed by atoms with van der Waals surface area (Å²) in [6.07, 6.45) is 0. The van der Waals surface area contributed by atoms with E-state index in [0.29, 0.717) is 40.3 Å². The summed E-state index contributed by atoms with van der Waals surface area (Å²) >= 11 is 5.33. The molecule has 0 saturated heterocycles. The molecular weight excluding hydrogens is 484 g/mol. The van der Waals surface area contributed by atoms with E-state index in [-0.39, 0.29) is 11.0 Å². The van der Waals surface area contributed by atoms with Crippen molar-refractivity contribution in [1.29, 1.82) is 0 Å². The molecule has 1 amide bonds. The number of anilines is 1. The summed E-state index contributed by atoms with van der Waals surface area (Å²) in [6, 6.07) is 33.0. The third kappa shape index (κ3) is 5.91. The molecule has 0 radical (unpaired) electrons. The van der Waals surface area contributed by atoms with E-state index in [9.17, 15) is 9.59 Å². The molecule has 6 nitrogen and oxygen atoms in total. The van der Waals surface area contributed by atoms with Gasteiger partial charge in [-0.2, -0.15) is 0 Å². The van der Waals surface area contributed by atoms with Crippen LogP contribution in [0.1, 0.15) is 15.9 Å². The smallest absolute Gasteiger partial charge is 0.344 e. The average Bonchev–Trinajstić information content (AvgIpc) is 2.92. The highest BCUT2D eigenvalue weighted by molar-refractivity contribution is 7.80. The Kier molecular flexibility index (Phi) is 7.05. The molecule has 0 fully saturated rings. The molecule has 0 unspecified atom stereocenters. The maximum atomic E-state index is 12.7. The van der Waals surface area contributed by atoms with Gasteiger partial charge in [0.25, 0.3) is 5.91 Å². The van der Waals surface area contributed by atoms with E-state index in [1.54, 1.807) is 54.6 Å². The highest BCUT2D eigenvalue weighted by Crippen LogP contribution is 2.23. The highest BCUT2D eigenvalue weighted by atomic mass is 32.1. The van der Waals surface area contributed by atoms with E-state index < -0.39 is 5.63 Å². The molecule has 5 rings (SSSR count). The van der Waals surface area contributed by atoms with Crippen molar-refractivity contribution >= 4 is 39.9 Å². The molecule has 5 aromatic rings. The number of benzene rings is 4. The number of para-hydroxylation sites is 1. The van der Waals surface area contributed by atoms with Crippen LogP contribution >= 0.6 is 12.2 Å². The molecule has 2 N–H and O–H groups in total. The van der Waals surface area contributed by atoms with Crippen LogP contribution in [0.4, 0.5) is 5.69 Å². The Balaban J connectivity index is 1.21. The lowest BCUT2D eigenvalue weighted by atomic mass is 10.1. The summed E-state index contributed by atoms with van der Waals surface area (Å²) < 4.78 is 11.2. The van der Waals surface area contributed by atoms with Gasteiger partial charge in [-0.05, 0) is 71.9 Å². The first-order valence-electron chi connectivity index (χ1n) is 11.6. The van der Waals surface area contributed by atoms with Gasteiger partial charge in [-0.3, -0.25) is 10.1 Å². The number of carbonyl (C=O) groups excluding carboxylic acids is 1. The number of hydrogen-bond acceptors (Lipinski definition) is 5. The van der Waals surface area contributed by atoms with Crippen LogP contribution in [0.3, 0.4) is 0 Å². The van der Waals surface area contributed by atoms with Crippen LogP contribution in [0.25, 0.3) is 22.1 Å². The van der Waals surface area contributed by atoms with Crippen LogP contribution in [0.15, 0.2) is 118 Å². The van der Waals surface area contributed by atoms with Crippen molar-refractivity contribution in [1.82, 2.24) is 5.32 Å². The lowest BCUT2D eigenvalue weighted by Gasteiger charge is -2.11. The zero-order valence-electron chi connectivity index (χ0n) is 19.6. The minimum Gasteiger partial charge on any atom is -0.489 e. The van der Waals surface area contributed by atoms with Crippen molar-refractivity contribution in [2.45, 2.75) is 6.61 Å². The average molecular weight is 507 g/mol. The zero-order chi connectivity index (χ0) is 25.6. The summed E-state index contributed by atoms with van der Waals surface area (Å²) in [5, 5.41) is 6.64. The number of ether oxygens (including phenoxy) is 1. The van der Waals surface area contributed by atoms with Gasteiger partial charge in [-0.25, -0.2) is 4.79 Å². The summed E-state index contributed by atoms with van der Waals surface area (Å²) in [7, 11) is 0. The molecule has 0 bridgehead atoms. The van der Waals surface area contributed by atoms with Crippen LogP contribution in [0, 0.1) is 0 Å². The predicted octanol–water partition coefficient (Wildman–Crippen LogP) is 6.17. The Morgan fingerprint density at radius 2 is 1.59 bits per heavy atom. The molecule has 0 atom stereocenters. The van der Waals surface area contributed by atoms with Gasteiger partial charge in [-0.1, -0.05) is 60.7 Å². The van der Waals surface area contributed by atoms with Crippen molar-refractivity contribution in [3.05, 3.63) is 131 Å². The fourth-order valence-corrected chi connectivity index (χ4v) is 4.02. The van der Waals surface area contributed by atoms with Crippen molar-refractivity contribution in [3.63, 3.8) is 0 Å². The summed E-state index contributed by atoms with van der Waals surface area (Å²) in [4.78, 5) is 25.2. The quantitative estimate of drug-likeness (QED) is 0.212. The molecule has 0 aliphatic heterocycles. The minimum atomic E-state index is -0.428. The molecule has 0 spiro atoms. The summed E-state index contributed by atoms with van der Waals surface area (Å²) in [5.41, 5.74) is 3.34. The Morgan fingerprint density at radius 3 is 2.41 bits per heavy atom. The lowest BCUT2D eigenvalue weighted by molar-refractivity contribution is 0.0977. The Hall–Kier alpha value is -4.75. The number of amides is 1. The second-order valence-corrected chi connectivity index (χ2v) is 8.68. The van der Waals surface area contributed by atoms with Gasteiger partial charge < -0.3 is 14.5 Å². The third-order valence-electron chi connectivity index (χ3n) is 5.66. The Bertz CT molecular complexity index is 1630. The van der Waals surface area contributed by atoms with Gasteiger partial charge in [-0.15, -0.1) is 0 Å². The molecule has 0 saturated carbocycles. The maximum Gasteiger partial charge on any atom is 0.344 e. The second-order valence-electron chi connectivity index (χ2n) is 8.27. The predicted molar refractivity (Wildman–Crippen MR) is 149 cm³/mol. The molecule has 4 aromatic carbocycles. The third-order valence-corrected chi connectivity index (χ3v) is 5.87. The number of thiocarbonyl (C=S) groups is 1. The highest BCUT2D eigenvalue weighted by Gasteiger charge is 2.11. The molecule has 1 aromatic heterocycles. The SMILES string of the molecule is O=C(NC(=S)Nc1cccc(-c2cc3ccccc3oc2=O)c1)c1ccc(OCc2ccccc2)cc1. The van der Waals surface area contributed by atoms with Crippen LogP contribution in [0.2, 0.25) is 0 Å². The number of hydrogen-bond donors (Lipinski definition) is 2. The van der Waals surface area contributed by atoms with E-state index in [1.807, 2.05) is 54.6 Å². The van der Waals surface area contributed by atoms with Gasteiger partial charge in [0, 0.05) is 16.6 Å². The lowest BCUT2D eigenvalue weighted by Crippen LogP contribution is -2.34. The van der Waals surface area contributed by atoms with Gasteiger partial charge in [0.1, 0.15) is 17.9 Å². The van der Waals surface area contributed by atoms with E-state index in [1.165, 1.54) is 0 Å². The molecule has 182 valence electrons. The first kappa shape index (κ1) is 24.0. The number of fused-ring (bicyclic) bond motifs is 1. The first-order chi connectivity index (χ1) is 18.0. The fourth-order valence-electron chi connectivity index (χ4n) is 3.81. The molecular formula is C30H22N2O4S. The van der Waals surface area contributed by atoms with Gasteiger partial charge in [0.2, 0.25) is 0 Å². The van der Waals surface area contributed by atoms with Crippen molar-refractivity contribution in [2.75, 3.05) is 5.32 Å². The number of rotatable bonds is 6. The second kappa shape index (κ2) is 10.9. The van der Waals surface area contributed by atoms with Gasteiger partial charge >= 0.3 is 5.63 Å². The van der Waals surface area contributed by atoms with Crippen LogP contribution in [0.5, 0.6) is 5.75 Å². The zero-order valence-corrected chi connectivity index (χ0v) is 20.5. The van der Waals surface area contributed by atoms with E-state index in [2.05, 4.69) is 10.6 Å². The maximum absolute atomic E-state index is 12.7. The minimum absolute atomic E-state index is 0.136. The molecule has 0 aliphatic carbocycles.